The molecule has 0 bridgehead atoms. The van der Waals surface area contributed by atoms with E-state index in [4.69, 9.17) is 14.6 Å². The molecule has 0 saturated heterocycles. The van der Waals surface area contributed by atoms with E-state index in [1.807, 2.05) is 10.9 Å². The summed E-state index contributed by atoms with van der Waals surface area (Å²) in [6.07, 6.45) is 10.2. The van der Waals surface area contributed by atoms with Crippen molar-refractivity contribution in [3.63, 3.8) is 0 Å². The van der Waals surface area contributed by atoms with Crippen LogP contribution in [0.15, 0.2) is 43.0 Å². The van der Waals surface area contributed by atoms with Gasteiger partial charge >= 0.3 is 5.97 Å². The van der Waals surface area contributed by atoms with Crippen molar-refractivity contribution < 1.29 is 23.9 Å². The number of aromatic nitrogens is 5. The summed E-state index contributed by atoms with van der Waals surface area (Å²) < 4.78 is 14.3. The molecule has 40 heavy (non-hydrogen) atoms. The average molecular weight is 548 g/mol. The number of carbonyl (C=O) groups is 3. The number of nitrogens with zero attached hydrogens (tertiary/aromatic N) is 6. The van der Waals surface area contributed by atoms with Gasteiger partial charge in [0.05, 0.1) is 30.4 Å². The molecule has 3 heterocycles. The van der Waals surface area contributed by atoms with E-state index in [0.29, 0.717) is 22.6 Å². The highest BCUT2D eigenvalue weighted by molar-refractivity contribution is 6.09. The smallest absolute Gasteiger partial charge is 0.303 e. The van der Waals surface area contributed by atoms with Crippen molar-refractivity contribution in [3.8, 4) is 5.75 Å². The quantitative estimate of drug-likeness (QED) is 0.347. The molecule has 0 atom stereocenters. The number of benzene rings is 1. The van der Waals surface area contributed by atoms with Crippen LogP contribution in [0.1, 0.15) is 62.9 Å². The van der Waals surface area contributed by atoms with Crippen molar-refractivity contribution in [3.05, 3.63) is 48.5 Å². The van der Waals surface area contributed by atoms with Crippen molar-refractivity contribution in [2.45, 2.75) is 64.1 Å². The Morgan fingerprint density at radius 2 is 1.90 bits per heavy atom. The third-order valence-corrected chi connectivity index (χ3v) is 7.44. The molecule has 210 valence electrons. The molecule has 4 aromatic rings. The Labute approximate surface area is 231 Å². The first kappa shape index (κ1) is 27.1. The van der Waals surface area contributed by atoms with Crippen LogP contribution in [0, 0.1) is 0 Å². The minimum atomic E-state index is -1.21. The van der Waals surface area contributed by atoms with Crippen LogP contribution in [-0.4, -0.2) is 72.9 Å². The normalized spacial score (nSPS) is 17.5. The predicted octanol–water partition coefficient (Wildman–Crippen LogP) is 3.62. The maximum Gasteiger partial charge on any atom is 0.303 e. The zero-order chi connectivity index (χ0) is 28.6. The monoisotopic (exact) mass is 547 g/mol. The second-order valence-corrected chi connectivity index (χ2v) is 10.6. The van der Waals surface area contributed by atoms with Gasteiger partial charge in [-0.2, -0.15) is 10.2 Å². The van der Waals surface area contributed by atoms with Crippen molar-refractivity contribution in [2.24, 2.45) is 0 Å². The van der Waals surface area contributed by atoms with Gasteiger partial charge in [0.1, 0.15) is 11.4 Å². The summed E-state index contributed by atoms with van der Waals surface area (Å²) in [5.41, 5.74) is 0.941. The minimum Gasteiger partial charge on any atom is -0.496 e. The van der Waals surface area contributed by atoms with Gasteiger partial charge in [0.2, 0.25) is 0 Å². The maximum absolute atomic E-state index is 13.2. The Hall–Kier alpha value is -4.48. The number of nitrogens with one attached hydrogen (secondary N) is 1. The van der Waals surface area contributed by atoms with Crippen LogP contribution in [0.2, 0.25) is 0 Å². The van der Waals surface area contributed by atoms with Gasteiger partial charge in [-0.1, -0.05) is 0 Å². The molecular formula is C28H33N7O5. The molecule has 3 aromatic heterocycles. The van der Waals surface area contributed by atoms with Crippen molar-refractivity contribution >= 4 is 40.0 Å². The van der Waals surface area contributed by atoms with Crippen LogP contribution < -0.4 is 10.1 Å². The van der Waals surface area contributed by atoms with Gasteiger partial charge in [-0.15, -0.1) is 0 Å². The molecule has 1 saturated carbocycles. The molecule has 1 N–H and O–H groups in total. The van der Waals surface area contributed by atoms with Crippen LogP contribution in [0.3, 0.4) is 0 Å². The molecule has 12 heteroatoms. The van der Waals surface area contributed by atoms with E-state index < -0.39 is 11.6 Å². The van der Waals surface area contributed by atoms with E-state index in [-0.39, 0.29) is 23.9 Å². The minimum absolute atomic E-state index is 0.0494. The summed E-state index contributed by atoms with van der Waals surface area (Å²) in [7, 11) is 3.29. The molecule has 0 unspecified atom stereocenters. The number of anilines is 1. The molecule has 12 nitrogen and oxygen atoms in total. The number of likely N-dealkylation sites (N-methyl/N-ethyl adjacent to an activating group) is 1. The maximum atomic E-state index is 13.2. The fraction of sp³-hybridized carbons (Fsp3) is 0.429. The second kappa shape index (κ2) is 10.6. The fourth-order valence-corrected chi connectivity index (χ4v) is 5.41. The number of fused-ring (bicyclic) bond motifs is 2. The topological polar surface area (TPSA) is 133 Å². The third kappa shape index (κ3) is 5.21. The van der Waals surface area contributed by atoms with Crippen molar-refractivity contribution in [1.29, 1.82) is 0 Å². The van der Waals surface area contributed by atoms with Gasteiger partial charge in [0.15, 0.2) is 11.2 Å². The Kier molecular flexibility index (Phi) is 7.17. The lowest BCUT2D eigenvalue weighted by atomic mass is 9.89. The second-order valence-electron chi connectivity index (χ2n) is 10.6. The number of carbonyl (C=O) groups excluding carboxylic acids is 3. The number of rotatable bonds is 7. The molecule has 0 radical (unpaired) electrons. The molecular weight excluding hydrogens is 514 g/mol. The summed E-state index contributed by atoms with van der Waals surface area (Å²) in [6.45, 7) is 4.54. The highest BCUT2D eigenvalue weighted by Crippen LogP contribution is 2.34. The van der Waals surface area contributed by atoms with Gasteiger partial charge in [-0.25, -0.2) is 9.50 Å². The van der Waals surface area contributed by atoms with Crippen molar-refractivity contribution in [1.82, 2.24) is 29.3 Å². The lowest BCUT2D eigenvalue weighted by Gasteiger charge is -2.38. The number of amides is 2. The first-order valence-electron chi connectivity index (χ1n) is 13.2. The zero-order valence-electron chi connectivity index (χ0n) is 23.2. The lowest BCUT2D eigenvalue weighted by molar-refractivity contribution is -0.169. The molecule has 0 aliphatic heterocycles. The number of esters is 1. The third-order valence-electron chi connectivity index (χ3n) is 7.44. The summed E-state index contributed by atoms with van der Waals surface area (Å²) in [6, 6.07) is 5.51. The number of methoxy groups -OCH3 is 1. The summed E-state index contributed by atoms with van der Waals surface area (Å²) >= 11 is 0. The lowest BCUT2D eigenvalue weighted by Crippen LogP contribution is -2.50. The summed E-state index contributed by atoms with van der Waals surface area (Å²) in [5.74, 6) is -0.615. The average Bonchev–Trinajstić information content (AvgIpc) is 3.54. The van der Waals surface area contributed by atoms with Crippen LogP contribution >= 0.6 is 0 Å². The predicted molar refractivity (Wildman–Crippen MR) is 147 cm³/mol. The van der Waals surface area contributed by atoms with E-state index in [1.165, 1.54) is 14.0 Å². The first-order valence-corrected chi connectivity index (χ1v) is 13.2. The number of hydrogen-bond donors (Lipinski definition) is 1. The van der Waals surface area contributed by atoms with Crippen LogP contribution in [0.25, 0.3) is 16.6 Å². The molecule has 1 aliphatic carbocycles. The molecule has 5 rings (SSSR count). The van der Waals surface area contributed by atoms with Gasteiger partial charge in [0, 0.05) is 50.1 Å². The van der Waals surface area contributed by atoms with Gasteiger partial charge < -0.3 is 19.7 Å². The highest BCUT2D eigenvalue weighted by atomic mass is 16.6. The Balaban J connectivity index is 1.30. The summed E-state index contributed by atoms with van der Waals surface area (Å²) in [5, 5.41) is 12.7. The van der Waals surface area contributed by atoms with Crippen LogP contribution in [-0.2, 0) is 14.3 Å². The molecule has 1 aromatic carbocycles. The van der Waals surface area contributed by atoms with E-state index in [9.17, 15) is 14.4 Å². The molecule has 0 spiro atoms. The first-order chi connectivity index (χ1) is 19.1. The molecule has 1 fully saturated rings. The number of hydrogen-bond acceptors (Lipinski definition) is 8. The largest absolute Gasteiger partial charge is 0.496 e. The Morgan fingerprint density at radius 1 is 1.15 bits per heavy atom. The fourth-order valence-electron chi connectivity index (χ4n) is 5.41. The Bertz CT molecular complexity index is 1580. The van der Waals surface area contributed by atoms with E-state index in [1.54, 1.807) is 67.1 Å². The SMILES string of the molecule is COc1cc2nn([C@H]3CC[C@H](N(C)C(=O)C(C)(C)OC(C)=O)CC3)cc2cc1C(=O)Nc1cnn2cccnc12. The standard InChI is InChI=1S/C28H33N7O5/c1-17(36)40-28(2,3)27(38)33(4)19-7-9-20(10-8-19)35-16-18-13-21(24(39-5)14-22(18)32-35)26(37)31-23-15-30-34-12-6-11-29-25(23)34/h6,11-16,19-20H,7-10H2,1-5H3,(H,31,37)/t19-,20-. The molecule has 2 amide bonds. The van der Waals surface area contributed by atoms with Gasteiger partial charge in [-0.3, -0.25) is 19.1 Å². The Morgan fingerprint density at radius 3 is 2.60 bits per heavy atom. The zero-order valence-corrected chi connectivity index (χ0v) is 23.2. The van der Waals surface area contributed by atoms with Crippen LogP contribution in [0.5, 0.6) is 5.75 Å². The van der Waals surface area contributed by atoms with Crippen molar-refractivity contribution in [2.75, 3.05) is 19.5 Å². The highest BCUT2D eigenvalue weighted by Gasteiger charge is 2.37. The van der Waals surface area contributed by atoms with E-state index in [0.717, 1.165) is 36.6 Å². The van der Waals surface area contributed by atoms with Gasteiger partial charge in [-0.05, 0) is 51.7 Å². The summed E-state index contributed by atoms with van der Waals surface area (Å²) in [4.78, 5) is 43.6. The number of ether oxygens (including phenoxy) is 2. The molecule has 1 aliphatic rings. The van der Waals surface area contributed by atoms with E-state index >= 15 is 0 Å². The van der Waals surface area contributed by atoms with Crippen LogP contribution in [0.4, 0.5) is 5.69 Å². The van der Waals surface area contributed by atoms with E-state index in [2.05, 4.69) is 15.4 Å². The van der Waals surface area contributed by atoms with Gasteiger partial charge in [0.25, 0.3) is 11.8 Å².